The Morgan fingerprint density at radius 3 is 0.750 bits per heavy atom. The molecule has 3 aliphatic heterocycles. The predicted octanol–water partition coefficient (Wildman–Crippen LogP) is 1.21. The van der Waals surface area contributed by atoms with Crippen LogP contribution in [0.2, 0.25) is 65.5 Å². The first kappa shape index (κ1) is 28.3. The molecule has 22 heteroatoms. The van der Waals surface area contributed by atoms with Crippen LogP contribution in [0.15, 0.2) is 0 Å². The summed E-state index contributed by atoms with van der Waals surface area (Å²) in [6, 6.07) is 0. The normalized spacial score (nSPS) is 51.9. The molecule has 3 fully saturated rings. The highest BCUT2D eigenvalue weighted by molar-refractivity contribution is 6.98. The van der Waals surface area contributed by atoms with Gasteiger partial charge in [-0.05, 0) is 19.6 Å². The number of fused-ring (bicyclic) bond motifs is 3. The van der Waals surface area contributed by atoms with Gasteiger partial charge in [0.2, 0.25) is 29.3 Å². The van der Waals surface area contributed by atoms with Gasteiger partial charge in [0.25, 0.3) is 0 Å². The van der Waals surface area contributed by atoms with E-state index in [0.29, 0.717) is 0 Å². The van der Waals surface area contributed by atoms with Crippen LogP contribution in [0.3, 0.4) is 0 Å². The van der Waals surface area contributed by atoms with Crippen molar-refractivity contribution in [1.29, 1.82) is 0 Å². The maximum atomic E-state index is 6.52. The van der Waals surface area contributed by atoms with E-state index in [1.165, 1.54) is 0 Å². The molecule has 0 unspecified atom stereocenters. The van der Waals surface area contributed by atoms with Gasteiger partial charge in [0.1, 0.15) is 0 Å². The average Bonchev–Trinajstić information content (AvgIpc) is 2.47. The molecule has 0 spiro atoms. The minimum Gasteiger partial charge on any atom is -0.416 e. The van der Waals surface area contributed by atoms with Gasteiger partial charge in [0, 0.05) is 45.8 Å². The maximum Gasteiger partial charge on any atom is 0.475 e. The van der Waals surface area contributed by atoms with Crippen LogP contribution in [0, 0.1) is 0 Å². The Hall–Kier alpha value is 1.69. The zero-order valence-corrected chi connectivity index (χ0v) is 29.9. The van der Waals surface area contributed by atoms with Crippen LogP contribution in [0.4, 0.5) is 0 Å². The van der Waals surface area contributed by atoms with Crippen LogP contribution in [0.25, 0.3) is 0 Å². The van der Waals surface area contributed by atoms with Crippen molar-refractivity contribution in [3.8, 4) is 0 Å². The second-order valence-corrected chi connectivity index (χ2v) is 31.0. The summed E-state index contributed by atoms with van der Waals surface area (Å²) >= 11 is 0. The molecular weight excluding hydrogens is 593 g/mol. The highest BCUT2D eigenvalue weighted by Gasteiger charge is 2.72. The van der Waals surface area contributed by atoms with Crippen molar-refractivity contribution in [1.82, 2.24) is 0 Å². The minimum absolute atomic E-state index is 0.110. The van der Waals surface area contributed by atoms with Gasteiger partial charge in [0.05, 0.1) is 0 Å². The molecule has 32 heavy (non-hydrogen) atoms. The van der Waals surface area contributed by atoms with Gasteiger partial charge in [-0.3, -0.25) is 0 Å². The van der Waals surface area contributed by atoms with E-state index in [0.717, 1.165) is 0 Å². The van der Waals surface area contributed by atoms with Crippen molar-refractivity contribution >= 4 is 90.9 Å². The van der Waals surface area contributed by atoms with Crippen molar-refractivity contribution in [3.05, 3.63) is 0 Å². The highest BCUT2D eigenvalue weighted by Crippen LogP contribution is 2.42. The zero-order chi connectivity index (χ0) is 24.1. The second-order valence-electron chi connectivity index (χ2n) is 7.87. The monoisotopic (exact) mass is 622 g/mol. The molecule has 0 N–H and O–H groups in total. The van der Waals surface area contributed by atoms with Gasteiger partial charge in [-0.15, -0.1) is 0 Å². The first-order valence-corrected chi connectivity index (χ1v) is 29.7. The summed E-state index contributed by atoms with van der Waals surface area (Å²) in [5.41, 5.74) is 0. The van der Waals surface area contributed by atoms with E-state index in [1.54, 1.807) is 45.8 Å². The lowest BCUT2D eigenvalue weighted by molar-refractivity contribution is 0.0261. The molecule has 4 bridgehead atoms. The summed E-state index contributed by atoms with van der Waals surface area (Å²) in [4.78, 5) is 0. The molecule has 0 aromatic carbocycles. The minimum atomic E-state index is -3.48. The Bertz CT molecular complexity index is 595. The summed E-state index contributed by atoms with van der Waals surface area (Å²) in [6.07, 6.45) is 0. The summed E-state index contributed by atoms with van der Waals surface area (Å²) < 4.78 is 76.6. The smallest absolute Gasteiger partial charge is 0.416 e. The number of rotatable bonds is 6. The van der Waals surface area contributed by atoms with Crippen molar-refractivity contribution in [2.45, 2.75) is 65.5 Å². The van der Waals surface area contributed by atoms with Gasteiger partial charge in [-0.1, -0.05) is 0 Å². The van der Waals surface area contributed by atoms with Crippen LogP contribution in [0.5, 0.6) is 0 Å². The molecule has 6 radical (unpaired) electrons. The lowest BCUT2D eigenvalue weighted by Crippen LogP contribution is -2.80. The lowest BCUT2D eigenvalue weighted by Gasteiger charge is -2.55. The van der Waals surface area contributed by atoms with Crippen LogP contribution in [-0.2, 0) is 49.4 Å². The summed E-state index contributed by atoms with van der Waals surface area (Å²) in [7, 11) is -23.6. The zero-order valence-electron chi connectivity index (χ0n) is 19.9. The number of hydrogen-bond acceptors (Lipinski definition) is 12. The van der Waals surface area contributed by atoms with E-state index in [9.17, 15) is 0 Å². The number of hydrogen-bond donors (Lipinski definition) is 0. The van der Waals surface area contributed by atoms with E-state index < -0.39 is 61.6 Å². The topological polar surface area (TPSA) is 111 Å². The van der Waals surface area contributed by atoms with Crippen LogP contribution < -0.4 is 0 Å². The molecule has 12 nitrogen and oxygen atoms in total. The quantitative estimate of drug-likeness (QED) is 0.397. The van der Waals surface area contributed by atoms with Crippen molar-refractivity contribution in [2.24, 2.45) is 0 Å². The molecule has 0 aromatic rings. The van der Waals surface area contributed by atoms with Crippen LogP contribution >= 0.6 is 0 Å². The van der Waals surface area contributed by atoms with Crippen molar-refractivity contribution in [2.75, 3.05) is 0 Å². The first-order chi connectivity index (χ1) is 14.5. The molecule has 3 heterocycles. The third-order valence-electron chi connectivity index (χ3n) is 4.20. The molecule has 0 aromatic heterocycles. The van der Waals surface area contributed by atoms with Gasteiger partial charge >= 0.3 is 61.6 Å². The Morgan fingerprint density at radius 1 is 0.375 bits per heavy atom. The fourth-order valence-corrected chi connectivity index (χ4v) is 44.1. The fraction of sp³-hybridized carbons (Fsp3) is 1.00. The fourth-order valence-electron chi connectivity index (χ4n) is 4.02. The Balaban J connectivity index is 2.19. The molecule has 182 valence electrons. The van der Waals surface area contributed by atoms with E-state index in [1.807, 2.05) is 19.6 Å². The Kier molecular flexibility index (Phi) is 8.42. The van der Waals surface area contributed by atoms with Crippen molar-refractivity contribution in [3.63, 3.8) is 0 Å². The van der Waals surface area contributed by atoms with E-state index in [-0.39, 0.29) is 29.3 Å². The van der Waals surface area contributed by atoms with E-state index in [2.05, 4.69) is 0 Å². The van der Waals surface area contributed by atoms with E-state index in [4.69, 9.17) is 49.4 Å². The van der Waals surface area contributed by atoms with Gasteiger partial charge in [-0.25, -0.2) is 0 Å². The summed E-state index contributed by atoms with van der Waals surface area (Å²) in [5, 5.41) is 0. The largest absolute Gasteiger partial charge is 0.475 e. The van der Waals surface area contributed by atoms with Crippen LogP contribution in [-0.4, -0.2) is 90.9 Å². The molecule has 3 saturated heterocycles. The third kappa shape index (κ3) is 6.51. The lowest BCUT2D eigenvalue weighted by atomic mass is 11.9. The summed E-state index contributed by atoms with van der Waals surface area (Å²) in [5.74, 6) is 0. The van der Waals surface area contributed by atoms with Crippen LogP contribution in [0.1, 0.15) is 0 Å². The highest BCUT2D eigenvalue weighted by atomic mass is 28.6. The van der Waals surface area contributed by atoms with Gasteiger partial charge < -0.3 is 49.4 Å². The standard InChI is InChI=1S/C10H30O12Si10/c1-23-11-26(4)14-29(7)16-27(5,12-24-2)18-31(9)19-28(6,13-25-3)17-30(8,15-26)21-32(10,20-29)22-31/h1-10H3. The molecule has 3 aliphatic rings. The van der Waals surface area contributed by atoms with Crippen molar-refractivity contribution < 1.29 is 49.4 Å². The van der Waals surface area contributed by atoms with Gasteiger partial charge in [-0.2, -0.15) is 0 Å². The molecular formula is C10H30O12Si10. The van der Waals surface area contributed by atoms with E-state index >= 15 is 0 Å². The summed E-state index contributed by atoms with van der Waals surface area (Å²) in [6.45, 7) is 18.1. The third-order valence-corrected chi connectivity index (χ3v) is 37.8. The SMILES string of the molecule is C[Si]O[Si]1(C)O[Si]2(C)O[Si](C)(O[Si]C)O[Si]3(C)O[Si](C)(O[Si]C)O[Si](C)(O1)O[Si](C)(O2)O3. The molecule has 3 rings (SSSR count). The molecule has 0 saturated carbocycles. The molecule has 0 atom stereocenters. The second kappa shape index (κ2) is 9.53. The first-order valence-electron chi connectivity index (χ1n) is 9.90. The average molecular weight is 623 g/mol. The Morgan fingerprint density at radius 2 is 0.562 bits per heavy atom. The predicted molar refractivity (Wildman–Crippen MR) is 129 cm³/mol. The maximum absolute atomic E-state index is 6.52. The molecule has 0 amide bonds. The van der Waals surface area contributed by atoms with Gasteiger partial charge in [0.15, 0.2) is 0 Å². The molecule has 0 aliphatic carbocycles. The Labute approximate surface area is 205 Å².